The van der Waals surface area contributed by atoms with Crippen molar-refractivity contribution in [1.82, 2.24) is 15.1 Å². The minimum Gasteiger partial charge on any atom is -0.380 e. The fraction of sp³-hybridized carbons (Fsp3) is 1.00. The first kappa shape index (κ1) is 13.8. The molecule has 3 heterocycles. The molecule has 19 heavy (non-hydrogen) atoms. The van der Waals surface area contributed by atoms with Gasteiger partial charge in [0, 0.05) is 44.2 Å². The summed E-state index contributed by atoms with van der Waals surface area (Å²) in [5.41, 5.74) is 0.423. The highest BCUT2D eigenvalue weighted by Crippen LogP contribution is 2.45. The molecule has 3 rings (SSSR count). The highest BCUT2D eigenvalue weighted by molar-refractivity contribution is 5.02. The van der Waals surface area contributed by atoms with Crippen molar-refractivity contribution in [3.63, 3.8) is 0 Å². The summed E-state index contributed by atoms with van der Waals surface area (Å²) in [4.78, 5) is 5.20. The molecule has 0 radical (unpaired) electrons. The van der Waals surface area contributed by atoms with Gasteiger partial charge in [-0.25, -0.2) is 0 Å². The Labute approximate surface area is 117 Å². The van der Waals surface area contributed by atoms with E-state index in [9.17, 15) is 0 Å². The van der Waals surface area contributed by atoms with E-state index in [-0.39, 0.29) is 0 Å². The topological polar surface area (TPSA) is 27.7 Å². The largest absolute Gasteiger partial charge is 0.380 e. The summed E-state index contributed by atoms with van der Waals surface area (Å²) in [5, 5.41) is 3.46. The highest BCUT2D eigenvalue weighted by atomic mass is 16.5. The van der Waals surface area contributed by atoms with Crippen molar-refractivity contribution in [1.29, 1.82) is 0 Å². The Bertz CT molecular complexity index is 300. The summed E-state index contributed by atoms with van der Waals surface area (Å²) < 4.78 is 5.68. The predicted molar refractivity (Wildman–Crippen MR) is 77.4 cm³/mol. The van der Waals surface area contributed by atoms with E-state index in [0.717, 1.165) is 32.2 Å². The first-order valence-electron chi connectivity index (χ1n) is 7.93. The van der Waals surface area contributed by atoms with Crippen molar-refractivity contribution < 1.29 is 4.74 Å². The first-order valence-corrected chi connectivity index (χ1v) is 7.93. The number of nitrogens with one attached hydrogen (secondary N) is 1. The number of piperazine rings is 1. The van der Waals surface area contributed by atoms with Crippen molar-refractivity contribution in [3.8, 4) is 0 Å². The van der Waals surface area contributed by atoms with Crippen LogP contribution in [0.2, 0.25) is 0 Å². The maximum Gasteiger partial charge on any atom is 0.0563 e. The maximum absolute atomic E-state index is 5.68. The van der Waals surface area contributed by atoms with Crippen molar-refractivity contribution in [2.45, 2.75) is 25.8 Å². The van der Waals surface area contributed by atoms with Gasteiger partial charge in [0.1, 0.15) is 0 Å². The van der Waals surface area contributed by atoms with Gasteiger partial charge < -0.3 is 15.0 Å². The molecule has 3 fully saturated rings. The quantitative estimate of drug-likeness (QED) is 0.812. The second kappa shape index (κ2) is 5.68. The van der Waals surface area contributed by atoms with E-state index in [1.54, 1.807) is 0 Å². The second-order valence-corrected chi connectivity index (χ2v) is 6.79. The first-order chi connectivity index (χ1) is 9.22. The highest BCUT2D eigenvalue weighted by Gasteiger charge is 2.51. The van der Waals surface area contributed by atoms with Crippen molar-refractivity contribution in [2.24, 2.45) is 11.3 Å². The summed E-state index contributed by atoms with van der Waals surface area (Å²) in [6, 6.07) is 0.667. The predicted octanol–water partition coefficient (Wildman–Crippen LogP) is 0.639. The zero-order valence-electron chi connectivity index (χ0n) is 12.5. The fourth-order valence-corrected chi connectivity index (χ4v) is 4.22. The lowest BCUT2D eigenvalue weighted by Gasteiger charge is -2.56. The summed E-state index contributed by atoms with van der Waals surface area (Å²) in [6.45, 7) is 11.6. The standard InChI is InChI=1S/C15H29N3O/c1-13(18-8-5-16-6-9-18)15(11-19-12-15)14-4-3-7-17(2)10-14/h13-14,16H,3-12H2,1-2H3. The maximum atomic E-state index is 5.68. The molecule has 0 aliphatic carbocycles. The van der Waals surface area contributed by atoms with Gasteiger partial charge in [-0.15, -0.1) is 0 Å². The molecule has 1 N–H and O–H groups in total. The van der Waals surface area contributed by atoms with Gasteiger partial charge in [0.05, 0.1) is 13.2 Å². The van der Waals surface area contributed by atoms with Gasteiger partial charge in [0.25, 0.3) is 0 Å². The number of ether oxygens (including phenoxy) is 1. The molecule has 0 amide bonds. The molecule has 0 aromatic rings. The Morgan fingerprint density at radius 2 is 1.95 bits per heavy atom. The summed E-state index contributed by atoms with van der Waals surface area (Å²) in [5.74, 6) is 0.824. The Morgan fingerprint density at radius 1 is 1.21 bits per heavy atom. The van der Waals surface area contributed by atoms with Gasteiger partial charge in [0.15, 0.2) is 0 Å². The van der Waals surface area contributed by atoms with Crippen LogP contribution in [0, 0.1) is 11.3 Å². The lowest BCUT2D eigenvalue weighted by atomic mass is 9.65. The van der Waals surface area contributed by atoms with E-state index < -0.39 is 0 Å². The smallest absolute Gasteiger partial charge is 0.0563 e. The molecule has 3 saturated heterocycles. The summed E-state index contributed by atoms with van der Waals surface area (Å²) >= 11 is 0. The normalized spacial score (nSPS) is 34.7. The van der Waals surface area contributed by atoms with Gasteiger partial charge in [0.2, 0.25) is 0 Å². The molecular weight excluding hydrogens is 238 g/mol. The third-order valence-corrected chi connectivity index (χ3v) is 5.71. The summed E-state index contributed by atoms with van der Waals surface area (Å²) in [6.07, 6.45) is 2.75. The van der Waals surface area contributed by atoms with Crippen LogP contribution in [0.15, 0.2) is 0 Å². The Balaban J connectivity index is 1.70. The van der Waals surface area contributed by atoms with E-state index >= 15 is 0 Å². The molecule has 3 aliphatic heterocycles. The lowest BCUT2D eigenvalue weighted by molar-refractivity contribution is -0.191. The van der Waals surface area contributed by atoms with Crippen LogP contribution in [0.1, 0.15) is 19.8 Å². The SMILES string of the molecule is CC(N1CCNCC1)C1(C2CCCN(C)C2)COC1. The molecule has 4 nitrogen and oxygen atoms in total. The second-order valence-electron chi connectivity index (χ2n) is 6.79. The Kier molecular flexibility index (Phi) is 4.13. The van der Waals surface area contributed by atoms with Crippen LogP contribution in [0.5, 0.6) is 0 Å². The number of likely N-dealkylation sites (tertiary alicyclic amines) is 1. The van der Waals surface area contributed by atoms with Crippen LogP contribution < -0.4 is 5.32 Å². The van der Waals surface area contributed by atoms with Crippen molar-refractivity contribution >= 4 is 0 Å². The van der Waals surface area contributed by atoms with Gasteiger partial charge in [-0.2, -0.15) is 0 Å². The minimum absolute atomic E-state index is 0.423. The zero-order chi connectivity index (χ0) is 13.3. The molecule has 0 bridgehead atoms. The number of hydrogen-bond donors (Lipinski definition) is 1. The van der Waals surface area contributed by atoms with Crippen LogP contribution in [-0.2, 0) is 4.74 Å². The third kappa shape index (κ3) is 2.56. The van der Waals surface area contributed by atoms with Crippen LogP contribution in [0.25, 0.3) is 0 Å². The van der Waals surface area contributed by atoms with Gasteiger partial charge in [-0.3, -0.25) is 4.90 Å². The van der Waals surface area contributed by atoms with Gasteiger partial charge >= 0.3 is 0 Å². The Hall–Kier alpha value is -0.160. The number of rotatable bonds is 3. The van der Waals surface area contributed by atoms with E-state index in [0.29, 0.717) is 11.5 Å². The molecule has 2 unspecified atom stereocenters. The van der Waals surface area contributed by atoms with Gasteiger partial charge in [-0.1, -0.05) is 0 Å². The molecule has 110 valence electrons. The molecule has 4 heteroatoms. The molecule has 0 aromatic carbocycles. The Morgan fingerprint density at radius 3 is 2.53 bits per heavy atom. The minimum atomic E-state index is 0.423. The number of hydrogen-bond acceptors (Lipinski definition) is 4. The average molecular weight is 267 g/mol. The number of piperidine rings is 1. The van der Waals surface area contributed by atoms with Gasteiger partial charge in [-0.05, 0) is 39.3 Å². The van der Waals surface area contributed by atoms with E-state index in [1.165, 1.54) is 39.0 Å². The van der Waals surface area contributed by atoms with E-state index in [4.69, 9.17) is 4.74 Å². The molecule has 0 spiro atoms. The van der Waals surface area contributed by atoms with E-state index in [2.05, 4.69) is 29.1 Å². The molecule has 0 aromatic heterocycles. The monoisotopic (exact) mass is 267 g/mol. The van der Waals surface area contributed by atoms with E-state index in [1.807, 2.05) is 0 Å². The average Bonchev–Trinajstić information content (AvgIpc) is 2.38. The molecule has 3 aliphatic rings. The van der Waals surface area contributed by atoms with Crippen LogP contribution in [0.4, 0.5) is 0 Å². The molecule has 2 atom stereocenters. The van der Waals surface area contributed by atoms with Crippen LogP contribution in [-0.4, -0.2) is 75.4 Å². The van der Waals surface area contributed by atoms with Crippen molar-refractivity contribution in [3.05, 3.63) is 0 Å². The van der Waals surface area contributed by atoms with Crippen molar-refractivity contribution in [2.75, 3.05) is 59.5 Å². The lowest BCUT2D eigenvalue weighted by Crippen LogP contribution is -2.64. The number of nitrogens with zero attached hydrogens (tertiary/aromatic N) is 2. The van der Waals surface area contributed by atoms with Crippen LogP contribution in [0.3, 0.4) is 0 Å². The fourth-order valence-electron chi connectivity index (χ4n) is 4.22. The third-order valence-electron chi connectivity index (χ3n) is 5.71. The zero-order valence-corrected chi connectivity index (χ0v) is 12.5. The molecular formula is C15H29N3O. The summed E-state index contributed by atoms with van der Waals surface area (Å²) in [7, 11) is 2.27. The van der Waals surface area contributed by atoms with Crippen LogP contribution >= 0.6 is 0 Å². The molecule has 0 saturated carbocycles.